The molecule has 6 aromatic rings. The Morgan fingerprint density at radius 2 is 0.948 bits per heavy atom. The molecule has 6 aromatic carbocycles. The SMILES string of the molecule is Cc1cc(C)c(C)c(-c2cccc3c2C=C(C(C)C)[CH]3[Hf]([Cl])([Cl])([c]2cccc3c2[SiH2]c2ccccc2-3)[CH]2C(C(C)C)=Cc3c(-c4cc(C)cc(C)c4C)cccc32)c1. The molecule has 0 fully saturated rings. The fourth-order valence-corrected chi connectivity index (χ4v) is 50.7. The van der Waals surface area contributed by atoms with E-state index in [1.807, 2.05) is 0 Å². The molecule has 1 aliphatic heterocycles. The number of hydrogen-bond acceptors (Lipinski definition) is 0. The molecule has 0 saturated heterocycles. The second-order valence-electron chi connectivity index (χ2n) is 18.4. The standard InChI is InChI=1S/2C21H23.C12H9Si.2ClH.Hf/c2*1-13(2)18-11-17-7-6-8-19(21(17)12-18)20-10-14(3)9-15(4)16(20)5;1-3-7-11-9(5-1)10-6-2-4-8-12(10)13-11;;;/h2*6-13H,1-5H3;1-7H,13H2;2*1H;/q;;;;;+2/p-2. The third kappa shape index (κ3) is 5.90. The number of hydrogen-bond donors (Lipinski definition) is 0. The maximum atomic E-state index is 9.38. The Morgan fingerprint density at radius 3 is 1.45 bits per heavy atom. The summed E-state index contributed by atoms with van der Waals surface area (Å²) in [5.74, 6) is 0.503. The minimum atomic E-state index is -5.84. The van der Waals surface area contributed by atoms with Gasteiger partial charge in [-0.3, -0.25) is 0 Å². The Bertz CT molecular complexity index is 2640. The van der Waals surface area contributed by atoms with E-state index in [1.54, 1.807) is 0 Å². The Labute approximate surface area is 357 Å². The monoisotopic (exact) mass is 981 g/mol. The van der Waals surface area contributed by atoms with E-state index in [4.69, 9.17) is 0 Å². The van der Waals surface area contributed by atoms with Gasteiger partial charge in [-0.15, -0.1) is 0 Å². The van der Waals surface area contributed by atoms with Crippen LogP contribution in [0.1, 0.15) is 90.7 Å². The van der Waals surface area contributed by atoms with Gasteiger partial charge in [0.2, 0.25) is 0 Å². The van der Waals surface area contributed by atoms with Crippen molar-refractivity contribution in [3.63, 3.8) is 0 Å². The van der Waals surface area contributed by atoms with Crippen LogP contribution in [0.5, 0.6) is 0 Å². The molecule has 1 heterocycles. The molecule has 58 heavy (non-hydrogen) atoms. The van der Waals surface area contributed by atoms with Gasteiger partial charge < -0.3 is 0 Å². The average Bonchev–Trinajstić information content (AvgIpc) is 3.90. The van der Waals surface area contributed by atoms with Crippen molar-refractivity contribution >= 4 is 52.5 Å². The summed E-state index contributed by atoms with van der Waals surface area (Å²) in [6, 6.07) is 39.4. The summed E-state index contributed by atoms with van der Waals surface area (Å²) < 4.78 is 1.10. The van der Waals surface area contributed by atoms with Gasteiger partial charge in [0.25, 0.3) is 0 Å². The molecule has 0 N–H and O–H groups in total. The van der Waals surface area contributed by atoms with E-state index in [0.29, 0.717) is 0 Å². The summed E-state index contributed by atoms with van der Waals surface area (Å²) in [6.07, 6.45) is 5.05. The summed E-state index contributed by atoms with van der Waals surface area (Å²) in [4.78, 5) is 0. The van der Waals surface area contributed by atoms with Crippen molar-refractivity contribution in [2.75, 3.05) is 0 Å². The normalized spacial score (nSPS) is 17.9. The fourth-order valence-electron chi connectivity index (χ4n) is 11.2. The number of allylic oxidation sites excluding steroid dienone is 2. The van der Waals surface area contributed by atoms with E-state index in [2.05, 4.69) is 185 Å². The van der Waals surface area contributed by atoms with Crippen LogP contribution >= 0.6 is 17.2 Å². The molecule has 2 unspecified atom stereocenters. The molecule has 0 bridgehead atoms. The molecular weight excluding hydrogens is 926 g/mol. The molecule has 0 spiro atoms. The molecule has 0 saturated carbocycles. The number of benzene rings is 6. The van der Waals surface area contributed by atoms with Crippen molar-refractivity contribution in [2.45, 2.75) is 76.6 Å². The zero-order valence-electron chi connectivity index (χ0n) is 35.7. The summed E-state index contributed by atoms with van der Waals surface area (Å²) in [6.45, 7) is 22.9. The number of halogens is 2. The van der Waals surface area contributed by atoms with Crippen molar-refractivity contribution in [3.05, 3.63) is 170 Å². The van der Waals surface area contributed by atoms with Gasteiger partial charge in [0.1, 0.15) is 0 Å². The van der Waals surface area contributed by atoms with Crippen LogP contribution in [0, 0.1) is 53.4 Å². The molecule has 2 atom stereocenters. The van der Waals surface area contributed by atoms with Crippen molar-refractivity contribution in [1.29, 1.82) is 0 Å². The van der Waals surface area contributed by atoms with Gasteiger partial charge in [0.15, 0.2) is 0 Å². The molecular formula is C54H55Cl2HfSi. The van der Waals surface area contributed by atoms with E-state index < -0.39 is 25.7 Å². The zero-order valence-corrected chi connectivity index (χ0v) is 42.3. The topological polar surface area (TPSA) is 0 Å². The van der Waals surface area contributed by atoms with Crippen molar-refractivity contribution in [1.82, 2.24) is 0 Å². The van der Waals surface area contributed by atoms with E-state index in [-0.39, 0.29) is 19.2 Å². The molecule has 0 aromatic heterocycles. The third-order valence-electron chi connectivity index (χ3n) is 14.2. The van der Waals surface area contributed by atoms with Crippen molar-refractivity contribution < 1.29 is 16.1 Å². The molecule has 2 aliphatic carbocycles. The second-order valence-corrected chi connectivity index (χ2v) is 49.5. The van der Waals surface area contributed by atoms with Gasteiger partial charge in [0, 0.05) is 0 Å². The zero-order chi connectivity index (χ0) is 41.0. The third-order valence-corrected chi connectivity index (χ3v) is 45.6. The molecule has 3 aliphatic rings. The first-order valence-electron chi connectivity index (χ1n) is 21.2. The van der Waals surface area contributed by atoms with E-state index in [9.17, 15) is 17.2 Å². The van der Waals surface area contributed by atoms with Gasteiger partial charge in [-0.05, 0) is 0 Å². The Hall–Kier alpha value is -3.53. The van der Waals surface area contributed by atoms with E-state index >= 15 is 0 Å². The minimum absolute atomic E-state index is 0.101. The first kappa shape index (κ1) is 39.9. The average molecular weight is 982 g/mol. The quantitative estimate of drug-likeness (QED) is 0.140. The number of fused-ring (bicyclic) bond motifs is 5. The van der Waals surface area contributed by atoms with Gasteiger partial charge >= 0.3 is 360 Å². The van der Waals surface area contributed by atoms with Gasteiger partial charge in [0.05, 0.1) is 0 Å². The molecule has 0 nitrogen and oxygen atoms in total. The van der Waals surface area contributed by atoms with Gasteiger partial charge in [-0.1, -0.05) is 0 Å². The van der Waals surface area contributed by atoms with E-state index in [0.717, 1.165) is 0 Å². The van der Waals surface area contributed by atoms with Crippen LogP contribution in [-0.4, -0.2) is 9.52 Å². The summed E-state index contributed by atoms with van der Waals surface area (Å²) in [5.41, 5.74) is 23.8. The van der Waals surface area contributed by atoms with Crippen LogP contribution in [0.15, 0.2) is 114 Å². The van der Waals surface area contributed by atoms with Crippen molar-refractivity contribution in [3.8, 4) is 33.4 Å². The van der Waals surface area contributed by atoms with Crippen LogP contribution < -0.4 is 13.7 Å². The number of aryl methyl sites for hydroxylation is 4. The van der Waals surface area contributed by atoms with Gasteiger partial charge in [-0.2, -0.15) is 0 Å². The molecule has 0 amide bonds. The Kier molecular flexibility index (Phi) is 9.84. The Balaban J connectivity index is 1.39. The van der Waals surface area contributed by atoms with Crippen LogP contribution in [-0.2, 0) is 16.1 Å². The van der Waals surface area contributed by atoms with Crippen molar-refractivity contribution in [2.24, 2.45) is 11.8 Å². The maximum absolute atomic E-state index is 9.38. The summed E-state index contributed by atoms with van der Waals surface area (Å²) in [7, 11) is 17.9. The molecule has 0 radical (unpaired) electrons. The first-order valence-corrected chi connectivity index (χ1v) is 37.5. The molecule has 9 rings (SSSR count). The fraction of sp³-hybridized carbons (Fsp3) is 0.259. The van der Waals surface area contributed by atoms with E-state index in [1.165, 1.54) is 114 Å². The van der Waals surface area contributed by atoms with Gasteiger partial charge in [-0.25, -0.2) is 0 Å². The predicted octanol–water partition coefficient (Wildman–Crippen LogP) is 13.2. The van der Waals surface area contributed by atoms with Crippen LogP contribution in [0.4, 0.5) is 0 Å². The van der Waals surface area contributed by atoms with Crippen LogP contribution in [0.3, 0.4) is 0 Å². The number of rotatable bonds is 7. The predicted molar refractivity (Wildman–Crippen MR) is 254 cm³/mol. The Morgan fingerprint density at radius 1 is 0.500 bits per heavy atom. The summed E-state index contributed by atoms with van der Waals surface area (Å²) in [5, 5.41) is 2.97. The molecule has 293 valence electrons. The van der Waals surface area contributed by atoms with Crippen LogP contribution in [0.2, 0.25) is 0 Å². The molecule has 4 heteroatoms. The second kappa shape index (κ2) is 14.3. The van der Waals surface area contributed by atoms with Crippen LogP contribution in [0.25, 0.3) is 45.5 Å². The summed E-state index contributed by atoms with van der Waals surface area (Å²) >= 11 is -5.84. The first-order chi connectivity index (χ1) is 27.6.